The quantitative estimate of drug-likeness (QED) is 0.411. The Labute approximate surface area is 104 Å². The van der Waals surface area contributed by atoms with Crippen LogP contribution in [0.15, 0.2) is 0 Å². The SMILES string of the molecule is CCCCCC(C)(C)CCCC(C)(C)CC. The second-order valence-electron chi connectivity index (χ2n) is 6.99. The summed E-state index contributed by atoms with van der Waals surface area (Å²) in [5.74, 6) is 0. The lowest BCUT2D eigenvalue weighted by atomic mass is 9.78. The zero-order valence-electron chi connectivity index (χ0n) is 12.7. The molecule has 0 bridgehead atoms. The van der Waals surface area contributed by atoms with Gasteiger partial charge in [0.25, 0.3) is 0 Å². The van der Waals surface area contributed by atoms with Gasteiger partial charge < -0.3 is 0 Å². The van der Waals surface area contributed by atoms with Crippen LogP contribution >= 0.6 is 0 Å². The Morgan fingerprint density at radius 2 is 1.12 bits per heavy atom. The van der Waals surface area contributed by atoms with Gasteiger partial charge in [0.15, 0.2) is 0 Å². The van der Waals surface area contributed by atoms with Crippen LogP contribution in [0, 0.1) is 10.8 Å². The lowest BCUT2D eigenvalue weighted by Crippen LogP contribution is -2.14. The summed E-state index contributed by atoms with van der Waals surface area (Å²) in [6.07, 6.45) is 11.1. The third-order valence-corrected chi connectivity index (χ3v) is 4.12. The van der Waals surface area contributed by atoms with Gasteiger partial charge in [-0.15, -0.1) is 0 Å². The van der Waals surface area contributed by atoms with Crippen molar-refractivity contribution in [2.24, 2.45) is 10.8 Å². The van der Waals surface area contributed by atoms with E-state index in [1.807, 2.05) is 0 Å². The highest BCUT2D eigenvalue weighted by Crippen LogP contribution is 2.34. The fourth-order valence-corrected chi connectivity index (χ4v) is 2.20. The average Bonchev–Trinajstić information content (AvgIpc) is 2.17. The molecule has 0 atom stereocenters. The molecule has 0 radical (unpaired) electrons. The summed E-state index contributed by atoms with van der Waals surface area (Å²) in [6, 6.07) is 0. The molecule has 0 saturated heterocycles. The predicted molar refractivity (Wildman–Crippen MR) is 75.8 cm³/mol. The van der Waals surface area contributed by atoms with Crippen molar-refractivity contribution >= 4 is 0 Å². The van der Waals surface area contributed by atoms with E-state index in [0.717, 1.165) is 0 Å². The van der Waals surface area contributed by atoms with Gasteiger partial charge >= 0.3 is 0 Å². The second-order valence-corrected chi connectivity index (χ2v) is 6.99. The highest BCUT2D eigenvalue weighted by atomic mass is 14.3. The van der Waals surface area contributed by atoms with E-state index in [-0.39, 0.29) is 0 Å². The molecule has 0 N–H and O–H groups in total. The van der Waals surface area contributed by atoms with Gasteiger partial charge in [-0.25, -0.2) is 0 Å². The van der Waals surface area contributed by atoms with Crippen LogP contribution < -0.4 is 0 Å². The zero-order valence-corrected chi connectivity index (χ0v) is 12.7. The molecule has 0 saturated carbocycles. The van der Waals surface area contributed by atoms with E-state index < -0.39 is 0 Å². The van der Waals surface area contributed by atoms with Crippen LogP contribution in [0.2, 0.25) is 0 Å². The first-order chi connectivity index (χ1) is 7.33. The largest absolute Gasteiger partial charge is 0.0654 e. The summed E-state index contributed by atoms with van der Waals surface area (Å²) in [6.45, 7) is 14.3. The Morgan fingerprint density at radius 1 is 0.625 bits per heavy atom. The zero-order chi connectivity index (χ0) is 12.7. The summed E-state index contributed by atoms with van der Waals surface area (Å²) in [5.41, 5.74) is 1.12. The van der Waals surface area contributed by atoms with Gasteiger partial charge in [-0.2, -0.15) is 0 Å². The smallest absolute Gasteiger partial charge is 0.0354 e. The molecule has 0 aromatic carbocycles. The molecule has 0 heterocycles. The lowest BCUT2D eigenvalue weighted by molar-refractivity contribution is 0.244. The van der Waals surface area contributed by atoms with Crippen molar-refractivity contribution in [2.75, 3.05) is 0 Å². The summed E-state index contributed by atoms with van der Waals surface area (Å²) in [5, 5.41) is 0. The van der Waals surface area contributed by atoms with E-state index >= 15 is 0 Å². The van der Waals surface area contributed by atoms with E-state index in [1.165, 1.54) is 51.4 Å². The maximum atomic E-state index is 2.45. The first kappa shape index (κ1) is 16.0. The molecule has 0 aromatic heterocycles. The van der Waals surface area contributed by atoms with Gasteiger partial charge in [-0.05, 0) is 30.1 Å². The summed E-state index contributed by atoms with van der Waals surface area (Å²) in [4.78, 5) is 0. The van der Waals surface area contributed by atoms with Gasteiger partial charge in [-0.1, -0.05) is 73.6 Å². The molecule has 0 spiro atoms. The van der Waals surface area contributed by atoms with Crippen LogP contribution in [0.1, 0.15) is 92.9 Å². The Morgan fingerprint density at radius 3 is 1.62 bits per heavy atom. The fraction of sp³-hybridized carbons (Fsp3) is 1.00. The van der Waals surface area contributed by atoms with E-state index in [9.17, 15) is 0 Å². The maximum Gasteiger partial charge on any atom is -0.0354 e. The van der Waals surface area contributed by atoms with Crippen molar-refractivity contribution < 1.29 is 0 Å². The minimum absolute atomic E-state index is 0.555. The monoisotopic (exact) mass is 226 g/mol. The van der Waals surface area contributed by atoms with Gasteiger partial charge in [0.1, 0.15) is 0 Å². The second kappa shape index (κ2) is 7.35. The fourth-order valence-electron chi connectivity index (χ4n) is 2.20. The molecule has 0 aliphatic carbocycles. The molecule has 0 aliphatic heterocycles. The van der Waals surface area contributed by atoms with Gasteiger partial charge in [0, 0.05) is 0 Å². The van der Waals surface area contributed by atoms with Crippen LogP contribution in [-0.4, -0.2) is 0 Å². The molecule has 0 rings (SSSR count). The predicted octanol–water partition coefficient (Wildman–Crippen LogP) is 6.20. The van der Waals surface area contributed by atoms with Crippen LogP contribution in [0.3, 0.4) is 0 Å². The van der Waals surface area contributed by atoms with Gasteiger partial charge in [0.2, 0.25) is 0 Å². The number of hydrogen-bond acceptors (Lipinski definition) is 0. The third kappa shape index (κ3) is 8.19. The van der Waals surface area contributed by atoms with Crippen LogP contribution in [0.4, 0.5) is 0 Å². The van der Waals surface area contributed by atoms with E-state index in [2.05, 4.69) is 41.5 Å². The van der Waals surface area contributed by atoms with Crippen molar-refractivity contribution in [3.8, 4) is 0 Å². The van der Waals surface area contributed by atoms with Gasteiger partial charge in [0.05, 0.1) is 0 Å². The molecular formula is C16H34. The molecule has 0 fully saturated rings. The van der Waals surface area contributed by atoms with E-state index in [0.29, 0.717) is 10.8 Å². The van der Waals surface area contributed by atoms with Crippen LogP contribution in [0.25, 0.3) is 0 Å². The third-order valence-electron chi connectivity index (χ3n) is 4.12. The number of unbranched alkanes of at least 4 members (excludes halogenated alkanes) is 2. The topological polar surface area (TPSA) is 0 Å². The molecule has 16 heavy (non-hydrogen) atoms. The molecule has 0 unspecified atom stereocenters. The molecule has 98 valence electrons. The standard InChI is InChI=1S/C16H34/c1-7-9-10-12-16(5,6)14-11-13-15(3,4)8-2/h7-14H2,1-6H3. The molecule has 0 aromatic rings. The summed E-state index contributed by atoms with van der Waals surface area (Å²) < 4.78 is 0. The first-order valence-corrected chi connectivity index (χ1v) is 7.33. The van der Waals surface area contributed by atoms with Crippen molar-refractivity contribution in [1.29, 1.82) is 0 Å². The maximum absolute atomic E-state index is 2.45. The van der Waals surface area contributed by atoms with Crippen molar-refractivity contribution in [2.45, 2.75) is 92.9 Å². The Kier molecular flexibility index (Phi) is 7.35. The van der Waals surface area contributed by atoms with Crippen molar-refractivity contribution in [3.05, 3.63) is 0 Å². The summed E-state index contributed by atoms with van der Waals surface area (Å²) in [7, 11) is 0. The minimum atomic E-state index is 0.555. The molecule has 0 amide bonds. The van der Waals surface area contributed by atoms with Crippen molar-refractivity contribution in [1.82, 2.24) is 0 Å². The lowest BCUT2D eigenvalue weighted by Gasteiger charge is -2.28. The molecular weight excluding hydrogens is 192 g/mol. The van der Waals surface area contributed by atoms with Gasteiger partial charge in [-0.3, -0.25) is 0 Å². The van der Waals surface area contributed by atoms with Crippen molar-refractivity contribution in [3.63, 3.8) is 0 Å². The Bertz CT molecular complexity index is 165. The van der Waals surface area contributed by atoms with Crippen LogP contribution in [-0.2, 0) is 0 Å². The number of rotatable bonds is 9. The number of hydrogen-bond donors (Lipinski definition) is 0. The van der Waals surface area contributed by atoms with E-state index in [4.69, 9.17) is 0 Å². The Hall–Kier alpha value is 0. The highest BCUT2D eigenvalue weighted by Gasteiger charge is 2.20. The molecule has 0 heteroatoms. The Balaban J connectivity index is 3.73. The molecule has 0 nitrogen and oxygen atoms in total. The average molecular weight is 226 g/mol. The minimum Gasteiger partial charge on any atom is -0.0654 e. The first-order valence-electron chi connectivity index (χ1n) is 7.33. The highest BCUT2D eigenvalue weighted by molar-refractivity contribution is 4.72. The normalized spacial score (nSPS) is 13.1. The molecule has 0 aliphatic rings. The summed E-state index contributed by atoms with van der Waals surface area (Å²) >= 11 is 0. The van der Waals surface area contributed by atoms with E-state index in [1.54, 1.807) is 0 Å². The van der Waals surface area contributed by atoms with Crippen LogP contribution in [0.5, 0.6) is 0 Å².